The molecular weight excluding hydrogens is 330 g/mol. The SMILES string of the molecule is COc1ccccc1-c1nnc(CCNC(=O)c2ccc(C)c(C)c2)o1. The van der Waals surface area contributed by atoms with E-state index in [0.717, 1.165) is 16.7 Å². The topological polar surface area (TPSA) is 77.3 Å². The number of hydrogen-bond acceptors (Lipinski definition) is 5. The first kappa shape index (κ1) is 17.7. The minimum absolute atomic E-state index is 0.113. The molecule has 0 aliphatic heterocycles. The third-order valence-corrected chi connectivity index (χ3v) is 4.20. The molecule has 0 aliphatic carbocycles. The van der Waals surface area contributed by atoms with Gasteiger partial charge >= 0.3 is 0 Å². The Kier molecular flexibility index (Phi) is 5.31. The van der Waals surface area contributed by atoms with Crippen LogP contribution in [0.3, 0.4) is 0 Å². The molecule has 1 aromatic heterocycles. The number of methoxy groups -OCH3 is 1. The number of para-hydroxylation sites is 1. The van der Waals surface area contributed by atoms with Crippen molar-refractivity contribution in [2.75, 3.05) is 13.7 Å². The first-order valence-electron chi connectivity index (χ1n) is 8.39. The van der Waals surface area contributed by atoms with Crippen LogP contribution in [0.1, 0.15) is 27.4 Å². The summed E-state index contributed by atoms with van der Waals surface area (Å²) in [7, 11) is 1.60. The zero-order valence-electron chi connectivity index (χ0n) is 15.1. The van der Waals surface area contributed by atoms with E-state index >= 15 is 0 Å². The van der Waals surface area contributed by atoms with Gasteiger partial charge in [0.25, 0.3) is 11.8 Å². The summed E-state index contributed by atoms with van der Waals surface area (Å²) in [6, 6.07) is 13.1. The van der Waals surface area contributed by atoms with Crippen molar-refractivity contribution in [3.63, 3.8) is 0 Å². The lowest BCUT2D eigenvalue weighted by atomic mass is 10.1. The zero-order valence-corrected chi connectivity index (χ0v) is 15.1. The highest BCUT2D eigenvalue weighted by atomic mass is 16.5. The van der Waals surface area contributed by atoms with Crippen molar-refractivity contribution in [3.05, 3.63) is 65.0 Å². The molecule has 0 bridgehead atoms. The predicted molar refractivity (Wildman–Crippen MR) is 98.2 cm³/mol. The summed E-state index contributed by atoms with van der Waals surface area (Å²) in [4.78, 5) is 12.2. The molecule has 1 heterocycles. The Balaban J connectivity index is 1.60. The molecule has 0 saturated heterocycles. The molecule has 6 nitrogen and oxygen atoms in total. The monoisotopic (exact) mass is 351 g/mol. The second-order valence-electron chi connectivity index (χ2n) is 6.01. The number of ether oxygens (including phenoxy) is 1. The summed E-state index contributed by atoms with van der Waals surface area (Å²) in [6.07, 6.45) is 0.457. The Morgan fingerprint density at radius 1 is 1.12 bits per heavy atom. The molecule has 3 rings (SSSR count). The summed E-state index contributed by atoms with van der Waals surface area (Å²) in [5.74, 6) is 1.42. The fourth-order valence-electron chi connectivity index (χ4n) is 2.55. The van der Waals surface area contributed by atoms with E-state index in [4.69, 9.17) is 9.15 Å². The van der Waals surface area contributed by atoms with Gasteiger partial charge in [-0.3, -0.25) is 4.79 Å². The third kappa shape index (κ3) is 3.91. The summed E-state index contributed by atoms with van der Waals surface area (Å²) in [6.45, 7) is 4.43. The number of benzene rings is 2. The van der Waals surface area contributed by atoms with Crippen LogP contribution >= 0.6 is 0 Å². The number of aryl methyl sites for hydroxylation is 2. The molecule has 1 amide bonds. The number of amides is 1. The summed E-state index contributed by atoms with van der Waals surface area (Å²) in [5, 5.41) is 11.0. The third-order valence-electron chi connectivity index (χ3n) is 4.20. The average molecular weight is 351 g/mol. The molecule has 26 heavy (non-hydrogen) atoms. The van der Waals surface area contributed by atoms with E-state index < -0.39 is 0 Å². The molecular formula is C20H21N3O3. The van der Waals surface area contributed by atoms with E-state index in [0.29, 0.717) is 36.1 Å². The number of nitrogens with zero attached hydrogens (tertiary/aromatic N) is 2. The Bertz CT molecular complexity index is 918. The maximum Gasteiger partial charge on any atom is 0.251 e. The van der Waals surface area contributed by atoms with Gasteiger partial charge < -0.3 is 14.5 Å². The predicted octanol–water partition coefficient (Wildman–Crippen LogP) is 3.33. The Morgan fingerprint density at radius 3 is 2.69 bits per heavy atom. The molecule has 2 aromatic carbocycles. The lowest BCUT2D eigenvalue weighted by Gasteiger charge is -2.06. The van der Waals surface area contributed by atoms with Crippen molar-refractivity contribution >= 4 is 5.91 Å². The molecule has 0 fully saturated rings. The maximum atomic E-state index is 12.2. The fraction of sp³-hybridized carbons (Fsp3) is 0.250. The van der Waals surface area contributed by atoms with Crippen LogP contribution in [-0.4, -0.2) is 29.8 Å². The van der Waals surface area contributed by atoms with Crippen LogP contribution in [-0.2, 0) is 6.42 Å². The molecule has 0 unspecified atom stereocenters. The van der Waals surface area contributed by atoms with Crippen molar-refractivity contribution in [1.29, 1.82) is 0 Å². The van der Waals surface area contributed by atoms with Gasteiger partial charge in [-0.1, -0.05) is 18.2 Å². The van der Waals surface area contributed by atoms with E-state index in [1.807, 2.05) is 56.3 Å². The molecule has 3 aromatic rings. The second-order valence-corrected chi connectivity index (χ2v) is 6.01. The average Bonchev–Trinajstić information content (AvgIpc) is 3.12. The molecule has 6 heteroatoms. The number of hydrogen-bond donors (Lipinski definition) is 1. The number of nitrogens with one attached hydrogen (secondary N) is 1. The van der Waals surface area contributed by atoms with E-state index in [9.17, 15) is 4.79 Å². The van der Waals surface area contributed by atoms with Crippen molar-refractivity contribution in [1.82, 2.24) is 15.5 Å². The summed E-state index contributed by atoms with van der Waals surface area (Å²) >= 11 is 0. The van der Waals surface area contributed by atoms with E-state index in [-0.39, 0.29) is 5.91 Å². The van der Waals surface area contributed by atoms with Crippen molar-refractivity contribution < 1.29 is 13.9 Å². The quantitative estimate of drug-likeness (QED) is 0.737. The van der Waals surface area contributed by atoms with Crippen LogP contribution in [0.25, 0.3) is 11.5 Å². The van der Waals surface area contributed by atoms with E-state index in [1.54, 1.807) is 7.11 Å². The van der Waals surface area contributed by atoms with Crippen LogP contribution in [0.15, 0.2) is 46.9 Å². The standard InChI is InChI=1S/C20H21N3O3/c1-13-8-9-15(12-14(13)2)19(24)21-11-10-18-22-23-20(26-18)16-6-4-5-7-17(16)25-3/h4-9,12H,10-11H2,1-3H3,(H,21,24). The summed E-state index contributed by atoms with van der Waals surface area (Å²) < 4.78 is 11.0. The largest absolute Gasteiger partial charge is 0.496 e. The molecule has 0 atom stereocenters. The Labute approximate surface area is 152 Å². The lowest BCUT2D eigenvalue weighted by Crippen LogP contribution is -2.25. The van der Waals surface area contributed by atoms with Crippen molar-refractivity contribution in [2.24, 2.45) is 0 Å². The fourth-order valence-corrected chi connectivity index (χ4v) is 2.55. The number of carbonyl (C=O) groups is 1. The van der Waals surface area contributed by atoms with Gasteiger partial charge in [-0.25, -0.2) is 0 Å². The van der Waals surface area contributed by atoms with Crippen LogP contribution in [0.5, 0.6) is 5.75 Å². The normalized spacial score (nSPS) is 10.6. The van der Waals surface area contributed by atoms with Crippen LogP contribution in [0, 0.1) is 13.8 Å². The zero-order chi connectivity index (χ0) is 18.5. The highest BCUT2D eigenvalue weighted by Crippen LogP contribution is 2.28. The second kappa shape index (κ2) is 7.82. The maximum absolute atomic E-state index is 12.2. The van der Waals surface area contributed by atoms with E-state index in [1.165, 1.54) is 0 Å². The van der Waals surface area contributed by atoms with Crippen LogP contribution in [0.2, 0.25) is 0 Å². The van der Waals surface area contributed by atoms with Crippen molar-refractivity contribution in [3.8, 4) is 17.2 Å². The molecule has 1 N–H and O–H groups in total. The first-order valence-corrected chi connectivity index (χ1v) is 8.39. The molecule has 0 saturated carbocycles. The molecule has 0 aliphatic rings. The Morgan fingerprint density at radius 2 is 1.92 bits per heavy atom. The number of aromatic nitrogens is 2. The van der Waals surface area contributed by atoms with Gasteiger partial charge in [0.2, 0.25) is 5.89 Å². The van der Waals surface area contributed by atoms with Gasteiger partial charge in [0, 0.05) is 18.5 Å². The van der Waals surface area contributed by atoms with Crippen LogP contribution < -0.4 is 10.1 Å². The molecule has 0 spiro atoms. The van der Waals surface area contributed by atoms with Gasteiger partial charge in [0.15, 0.2) is 0 Å². The van der Waals surface area contributed by atoms with Gasteiger partial charge in [0.05, 0.1) is 12.7 Å². The minimum atomic E-state index is -0.113. The highest BCUT2D eigenvalue weighted by Gasteiger charge is 2.13. The van der Waals surface area contributed by atoms with Gasteiger partial charge in [-0.05, 0) is 49.2 Å². The minimum Gasteiger partial charge on any atom is -0.496 e. The lowest BCUT2D eigenvalue weighted by molar-refractivity contribution is 0.0953. The van der Waals surface area contributed by atoms with Crippen LogP contribution in [0.4, 0.5) is 0 Å². The number of rotatable bonds is 6. The van der Waals surface area contributed by atoms with E-state index in [2.05, 4.69) is 15.5 Å². The molecule has 0 radical (unpaired) electrons. The molecule has 134 valence electrons. The highest BCUT2D eigenvalue weighted by molar-refractivity contribution is 5.94. The van der Waals surface area contributed by atoms with Gasteiger partial charge in [0.1, 0.15) is 5.75 Å². The van der Waals surface area contributed by atoms with Crippen molar-refractivity contribution in [2.45, 2.75) is 20.3 Å². The Hall–Kier alpha value is -3.15. The smallest absolute Gasteiger partial charge is 0.251 e. The van der Waals surface area contributed by atoms with Gasteiger partial charge in [-0.2, -0.15) is 0 Å². The summed E-state index contributed by atoms with van der Waals surface area (Å²) in [5.41, 5.74) is 3.65. The first-order chi connectivity index (χ1) is 12.6. The number of carbonyl (C=O) groups excluding carboxylic acids is 1. The van der Waals surface area contributed by atoms with Gasteiger partial charge in [-0.15, -0.1) is 10.2 Å².